The van der Waals surface area contributed by atoms with Gasteiger partial charge in [0.25, 0.3) is 0 Å². The first-order valence-corrected chi connectivity index (χ1v) is 7.29. The Kier molecular flexibility index (Phi) is 4.48. The van der Waals surface area contributed by atoms with Crippen LogP contribution in [0.3, 0.4) is 0 Å². The normalized spacial score (nSPS) is 26.5. The van der Waals surface area contributed by atoms with Crippen LogP contribution in [-0.2, 0) is 11.8 Å². The number of ketones is 1. The fourth-order valence-electron chi connectivity index (χ4n) is 2.98. The van der Waals surface area contributed by atoms with E-state index in [4.69, 9.17) is 9.47 Å². The molecule has 0 aromatic carbocycles. The molecule has 0 N–H and O–H groups in total. The molecule has 1 aromatic rings. The van der Waals surface area contributed by atoms with Crippen LogP contribution in [0.4, 0.5) is 0 Å². The topological polar surface area (TPSA) is 53.4 Å². The highest BCUT2D eigenvalue weighted by Crippen LogP contribution is 2.38. The lowest BCUT2D eigenvalue weighted by Gasteiger charge is -2.37. The van der Waals surface area contributed by atoms with Crippen LogP contribution in [-0.4, -0.2) is 34.9 Å². The van der Waals surface area contributed by atoms with Crippen LogP contribution in [0.25, 0.3) is 0 Å². The largest absolute Gasteiger partial charge is 0.493 e. The molecule has 0 saturated heterocycles. The van der Waals surface area contributed by atoms with E-state index in [-0.39, 0.29) is 5.78 Å². The first-order chi connectivity index (χ1) is 9.54. The maximum Gasteiger partial charge on any atom is 0.216 e. The Hall–Kier alpha value is -1.36. The summed E-state index contributed by atoms with van der Waals surface area (Å²) in [5, 5.41) is 4.12. The first-order valence-electron chi connectivity index (χ1n) is 7.29. The van der Waals surface area contributed by atoms with Crippen LogP contribution in [0.5, 0.6) is 5.75 Å². The molecule has 0 atom stereocenters. The lowest BCUT2D eigenvalue weighted by Crippen LogP contribution is -2.45. The van der Waals surface area contributed by atoms with E-state index in [0.29, 0.717) is 24.0 Å². The first kappa shape index (κ1) is 15.0. The summed E-state index contributed by atoms with van der Waals surface area (Å²) in [6, 6.07) is 0. The van der Waals surface area contributed by atoms with E-state index < -0.39 is 5.60 Å². The van der Waals surface area contributed by atoms with Crippen LogP contribution in [0, 0.1) is 5.92 Å². The molecule has 0 bridgehead atoms. The molecule has 5 heteroatoms. The maximum atomic E-state index is 13.0. The molecule has 1 fully saturated rings. The summed E-state index contributed by atoms with van der Waals surface area (Å²) in [5.41, 5.74) is -0.196. The smallest absolute Gasteiger partial charge is 0.216 e. The Morgan fingerprint density at radius 2 is 2.15 bits per heavy atom. The predicted molar refractivity (Wildman–Crippen MR) is 76.1 cm³/mol. The minimum absolute atomic E-state index is 0.00287. The van der Waals surface area contributed by atoms with Crippen molar-refractivity contribution >= 4 is 5.78 Å². The zero-order valence-corrected chi connectivity index (χ0v) is 12.8. The van der Waals surface area contributed by atoms with E-state index in [1.807, 2.05) is 6.92 Å². The molecule has 0 spiro atoms. The fourth-order valence-corrected chi connectivity index (χ4v) is 2.98. The third-order valence-corrected chi connectivity index (χ3v) is 4.26. The average molecular weight is 280 g/mol. The summed E-state index contributed by atoms with van der Waals surface area (Å²) < 4.78 is 12.8. The molecule has 0 aliphatic heterocycles. The minimum Gasteiger partial charge on any atom is -0.493 e. The Morgan fingerprint density at radius 1 is 1.50 bits per heavy atom. The van der Waals surface area contributed by atoms with Gasteiger partial charge in [0.15, 0.2) is 5.75 Å². The number of hydrogen-bond donors (Lipinski definition) is 0. The molecule has 1 aliphatic carbocycles. The van der Waals surface area contributed by atoms with Crippen molar-refractivity contribution in [2.45, 2.75) is 45.1 Å². The molecule has 1 saturated carbocycles. The van der Waals surface area contributed by atoms with Crippen LogP contribution in [0.15, 0.2) is 6.20 Å². The SMILES string of the molecule is CCOC1(C(=O)c2c(OC)cnn2C)CCC(C)CC1. The highest BCUT2D eigenvalue weighted by atomic mass is 16.5. The van der Waals surface area contributed by atoms with Crippen molar-refractivity contribution in [1.82, 2.24) is 9.78 Å². The van der Waals surface area contributed by atoms with E-state index in [9.17, 15) is 4.79 Å². The molecule has 1 heterocycles. The van der Waals surface area contributed by atoms with E-state index in [1.165, 1.54) is 0 Å². The summed E-state index contributed by atoms with van der Waals surface area (Å²) in [7, 11) is 3.32. The van der Waals surface area contributed by atoms with Gasteiger partial charge in [-0.05, 0) is 38.5 Å². The number of aryl methyl sites for hydroxylation is 1. The Bertz CT molecular complexity index is 473. The average Bonchev–Trinajstić information content (AvgIpc) is 2.82. The van der Waals surface area contributed by atoms with Crippen molar-refractivity contribution < 1.29 is 14.3 Å². The number of carbonyl (C=O) groups is 1. The second kappa shape index (κ2) is 5.95. The van der Waals surface area contributed by atoms with E-state index in [2.05, 4.69) is 12.0 Å². The van der Waals surface area contributed by atoms with Gasteiger partial charge in [-0.2, -0.15) is 5.10 Å². The lowest BCUT2D eigenvalue weighted by molar-refractivity contribution is -0.0480. The predicted octanol–water partition coefficient (Wildman–Crippen LogP) is 2.60. The third kappa shape index (κ3) is 2.59. The number of aromatic nitrogens is 2. The molecule has 2 rings (SSSR count). The van der Waals surface area contributed by atoms with Crippen LogP contribution in [0.2, 0.25) is 0 Å². The van der Waals surface area contributed by atoms with Crippen molar-refractivity contribution in [3.8, 4) is 5.75 Å². The molecule has 20 heavy (non-hydrogen) atoms. The van der Waals surface area contributed by atoms with Gasteiger partial charge < -0.3 is 9.47 Å². The molecule has 0 unspecified atom stereocenters. The van der Waals surface area contributed by atoms with Gasteiger partial charge in [0.2, 0.25) is 5.78 Å². The molecule has 1 aliphatic rings. The molecule has 112 valence electrons. The van der Waals surface area contributed by atoms with Crippen LogP contribution in [0.1, 0.15) is 50.0 Å². The number of ether oxygens (including phenoxy) is 2. The molecule has 0 radical (unpaired) electrons. The van der Waals surface area contributed by atoms with Crippen molar-refractivity contribution in [3.63, 3.8) is 0 Å². The van der Waals surface area contributed by atoms with E-state index >= 15 is 0 Å². The molecule has 1 aromatic heterocycles. The van der Waals surface area contributed by atoms with Crippen molar-refractivity contribution in [2.24, 2.45) is 13.0 Å². The Morgan fingerprint density at radius 3 is 2.70 bits per heavy atom. The highest BCUT2D eigenvalue weighted by molar-refractivity contribution is 6.03. The number of nitrogens with zero attached hydrogens (tertiary/aromatic N) is 2. The summed E-state index contributed by atoms with van der Waals surface area (Å²) in [6.07, 6.45) is 5.17. The summed E-state index contributed by atoms with van der Waals surface area (Å²) in [6.45, 7) is 4.71. The fraction of sp³-hybridized carbons (Fsp3) is 0.733. The third-order valence-electron chi connectivity index (χ3n) is 4.26. The Balaban J connectivity index is 2.34. The molecule has 0 amide bonds. The quantitative estimate of drug-likeness (QED) is 0.778. The number of rotatable bonds is 5. The number of Topliss-reactive ketones (excluding diaryl/α,β-unsaturated/α-hetero) is 1. The lowest BCUT2D eigenvalue weighted by atomic mass is 9.76. The second-order valence-corrected chi connectivity index (χ2v) is 5.62. The summed E-state index contributed by atoms with van der Waals surface area (Å²) >= 11 is 0. The molecular weight excluding hydrogens is 256 g/mol. The van der Waals surface area contributed by atoms with Crippen molar-refractivity contribution in [3.05, 3.63) is 11.9 Å². The molecular formula is C15H24N2O3. The molecule has 5 nitrogen and oxygen atoms in total. The highest BCUT2D eigenvalue weighted by Gasteiger charge is 2.44. The Labute approximate surface area is 120 Å². The summed E-state index contributed by atoms with van der Waals surface area (Å²) in [4.78, 5) is 13.0. The van der Waals surface area contributed by atoms with Gasteiger partial charge in [0, 0.05) is 13.7 Å². The minimum atomic E-state index is -0.706. The van der Waals surface area contributed by atoms with E-state index in [0.717, 1.165) is 25.7 Å². The standard InChI is InChI=1S/C15H24N2O3/c1-5-20-15(8-6-11(2)7-9-15)14(18)13-12(19-4)10-16-17(13)3/h10-11H,5-9H2,1-4H3. The van der Waals surface area contributed by atoms with Gasteiger partial charge in [-0.25, -0.2) is 0 Å². The van der Waals surface area contributed by atoms with Gasteiger partial charge in [-0.3, -0.25) is 9.48 Å². The van der Waals surface area contributed by atoms with E-state index in [1.54, 1.807) is 25.0 Å². The number of carbonyl (C=O) groups excluding carboxylic acids is 1. The van der Waals surface area contributed by atoms with Crippen LogP contribution >= 0.6 is 0 Å². The second-order valence-electron chi connectivity index (χ2n) is 5.62. The van der Waals surface area contributed by atoms with Gasteiger partial charge >= 0.3 is 0 Å². The van der Waals surface area contributed by atoms with Gasteiger partial charge in [-0.15, -0.1) is 0 Å². The van der Waals surface area contributed by atoms with Gasteiger partial charge in [-0.1, -0.05) is 6.92 Å². The number of hydrogen-bond acceptors (Lipinski definition) is 4. The zero-order valence-electron chi connectivity index (χ0n) is 12.8. The number of methoxy groups -OCH3 is 1. The van der Waals surface area contributed by atoms with Gasteiger partial charge in [0.05, 0.1) is 13.3 Å². The van der Waals surface area contributed by atoms with Crippen molar-refractivity contribution in [1.29, 1.82) is 0 Å². The van der Waals surface area contributed by atoms with Gasteiger partial charge in [0.1, 0.15) is 11.3 Å². The maximum absolute atomic E-state index is 13.0. The van der Waals surface area contributed by atoms with Crippen molar-refractivity contribution in [2.75, 3.05) is 13.7 Å². The monoisotopic (exact) mass is 280 g/mol. The zero-order chi connectivity index (χ0) is 14.8. The van der Waals surface area contributed by atoms with Crippen LogP contribution < -0.4 is 4.74 Å². The summed E-state index contributed by atoms with van der Waals surface area (Å²) in [5.74, 6) is 1.18.